The van der Waals surface area contributed by atoms with Crippen molar-refractivity contribution in [1.29, 1.82) is 0 Å². The Morgan fingerprint density at radius 3 is 3.00 bits per heavy atom. The molecule has 134 valence electrons. The minimum absolute atomic E-state index is 0.0909. The molecule has 26 heavy (non-hydrogen) atoms. The molecular formula is C19H19FN4O2. The Balaban J connectivity index is 1.51. The van der Waals surface area contributed by atoms with Crippen molar-refractivity contribution in [2.75, 3.05) is 13.2 Å². The third-order valence-electron chi connectivity index (χ3n) is 4.63. The first-order valence-corrected chi connectivity index (χ1v) is 8.69. The van der Waals surface area contributed by atoms with Gasteiger partial charge in [0.1, 0.15) is 0 Å². The van der Waals surface area contributed by atoms with Crippen molar-refractivity contribution in [3.05, 3.63) is 60.3 Å². The lowest BCUT2D eigenvalue weighted by atomic mass is 9.99. The van der Waals surface area contributed by atoms with Gasteiger partial charge in [0.05, 0.1) is 17.9 Å². The summed E-state index contributed by atoms with van der Waals surface area (Å²) in [7, 11) is 0. The van der Waals surface area contributed by atoms with Crippen LogP contribution in [0, 0.1) is 5.82 Å². The molecule has 6 nitrogen and oxygen atoms in total. The van der Waals surface area contributed by atoms with Crippen LogP contribution in [0.1, 0.15) is 31.0 Å². The molecular weight excluding hydrogens is 335 g/mol. The Labute approximate surface area is 150 Å². The number of aromatic nitrogens is 3. The lowest BCUT2D eigenvalue weighted by Crippen LogP contribution is -2.41. The SMILES string of the molecule is O=C(COc1ccccc1F)N1CCCC[C@H]1c1ccn2nccc2n1. The van der Waals surface area contributed by atoms with Crippen LogP contribution in [-0.2, 0) is 4.79 Å². The maximum absolute atomic E-state index is 13.7. The van der Waals surface area contributed by atoms with Crippen LogP contribution in [0.5, 0.6) is 5.75 Å². The quantitative estimate of drug-likeness (QED) is 0.723. The summed E-state index contributed by atoms with van der Waals surface area (Å²) in [4.78, 5) is 19.1. The van der Waals surface area contributed by atoms with Crippen molar-refractivity contribution in [3.63, 3.8) is 0 Å². The number of carbonyl (C=O) groups is 1. The summed E-state index contributed by atoms with van der Waals surface area (Å²) in [6, 6.07) is 9.73. The van der Waals surface area contributed by atoms with Crippen molar-refractivity contribution in [3.8, 4) is 5.75 Å². The zero-order chi connectivity index (χ0) is 17.9. The second-order valence-corrected chi connectivity index (χ2v) is 6.30. The van der Waals surface area contributed by atoms with Gasteiger partial charge in [0.2, 0.25) is 0 Å². The molecule has 0 unspecified atom stereocenters. The van der Waals surface area contributed by atoms with Crippen LogP contribution in [0.15, 0.2) is 48.8 Å². The number of likely N-dealkylation sites (tertiary alicyclic amines) is 1. The summed E-state index contributed by atoms with van der Waals surface area (Å²) in [5, 5.41) is 4.15. The van der Waals surface area contributed by atoms with Gasteiger partial charge in [-0.1, -0.05) is 12.1 Å². The first-order valence-electron chi connectivity index (χ1n) is 8.69. The van der Waals surface area contributed by atoms with Crippen LogP contribution in [0.2, 0.25) is 0 Å². The van der Waals surface area contributed by atoms with Crippen LogP contribution in [-0.4, -0.2) is 38.6 Å². The molecule has 0 saturated carbocycles. The van der Waals surface area contributed by atoms with Gasteiger partial charge in [0.25, 0.3) is 5.91 Å². The van der Waals surface area contributed by atoms with E-state index >= 15 is 0 Å². The van der Waals surface area contributed by atoms with E-state index in [4.69, 9.17) is 4.74 Å². The maximum atomic E-state index is 13.7. The number of ether oxygens (including phenoxy) is 1. The molecule has 2 aromatic heterocycles. The molecule has 1 aliphatic heterocycles. The average molecular weight is 354 g/mol. The number of fused-ring (bicyclic) bond motifs is 1. The van der Waals surface area contributed by atoms with Crippen LogP contribution >= 0.6 is 0 Å². The molecule has 4 rings (SSSR count). The molecule has 1 aromatic carbocycles. The first-order chi connectivity index (χ1) is 12.7. The molecule has 7 heteroatoms. The maximum Gasteiger partial charge on any atom is 0.261 e. The smallest absolute Gasteiger partial charge is 0.261 e. The van der Waals surface area contributed by atoms with Gasteiger partial charge in [-0.25, -0.2) is 13.9 Å². The number of rotatable bonds is 4. The van der Waals surface area contributed by atoms with Gasteiger partial charge in [-0.05, 0) is 37.5 Å². The summed E-state index contributed by atoms with van der Waals surface area (Å²) < 4.78 is 20.8. The molecule has 1 amide bonds. The van der Waals surface area contributed by atoms with E-state index in [1.54, 1.807) is 27.7 Å². The van der Waals surface area contributed by atoms with Gasteiger partial charge < -0.3 is 9.64 Å². The lowest BCUT2D eigenvalue weighted by molar-refractivity contribution is -0.137. The van der Waals surface area contributed by atoms with Gasteiger partial charge in [-0.2, -0.15) is 5.10 Å². The highest BCUT2D eigenvalue weighted by Gasteiger charge is 2.29. The van der Waals surface area contributed by atoms with Crippen LogP contribution < -0.4 is 4.74 Å². The minimum atomic E-state index is -0.469. The van der Waals surface area contributed by atoms with Crippen LogP contribution in [0.3, 0.4) is 0 Å². The number of carbonyl (C=O) groups excluding carboxylic acids is 1. The Morgan fingerprint density at radius 2 is 2.12 bits per heavy atom. The molecule has 3 heterocycles. The molecule has 1 fully saturated rings. The Morgan fingerprint density at radius 1 is 1.23 bits per heavy atom. The molecule has 1 atom stereocenters. The number of nitrogens with zero attached hydrogens (tertiary/aromatic N) is 4. The Hall–Kier alpha value is -2.96. The van der Waals surface area contributed by atoms with E-state index in [9.17, 15) is 9.18 Å². The van der Waals surface area contributed by atoms with E-state index < -0.39 is 5.82 Å². The molecule has 0 N–H and O–H groups in total. The average Bonchev–Trinajstić information content (AvgIpc) is 3.15. The highest BCUT2D eigenvalue weighted by atomic mass is 19.1. The number of hydrogen-bond acceptors (Lipinski definition) is 4. The second-order valence-electron chi connectivity index (χ2n) is 6.30. The van der Waals surface area contributed by atoms with Gasteiger partial charge in [0.15, 0.2) is 23.8 Å². The van der Waals surface area contributed by atoms with Gasteiger partial charge in [-0.15, -0.1) is 0 Å². The van der Waals surface area contributed by atoms with E-state index in [0.717, 1.165) is 30.6 Å². The summed E-state index contributed by atoms with van der Waals surface area (Å²) in [6.07, 6.45) is 6.37. The van der Waals surface area contributed by atoms with E-state index in [2.05, 4.69) is 10.1 Å². The molecule has 1 aliphatic rings. The monoisotopic (exact) mass is 354 g/mol. The third-order valence-corrected chi connectivity index (χ3v) is 4.63. The number of halogens is 1. The standard InChI is InChI=1S/C19H19FN4O2/c20-14-5-1-2-7-17(14)26-13-19(25)23-11-4-3-6-16(23)15-9-12-24-18(22-15)8-10-21-24/h1-2,5,7-10,12,16H,3-4,6,11,13H2/t16-/m0/s1. The van der Waals surface area contributed by atoms with E-state index in [1.807, 2.05) is 18.3 Å². The highest BCUT2D eigenvalue weighted by molar-refractivity contribution is 5.78. The second kappa shape index (κ2) is 7.11. The normalized spacial score (nSPS) is 17.4. The largest absolute Gasteiger partial charge is 0.481 e. The number of hydrogen-bond donors (Lipinski definition) is 0. The predicted octanol–water partition coefficient (Wildman–Crippen LogP) is 3.00. The fraction of sp³-hybridized carbons (Fsp3) is 0.316. The van der Waals surface area contributed by atoms with Gasteiger partial charge in [-0.3, -0.25) is 4.79 Å². The molecule has 3 aromatic rings. The van der Waals surface area contributed by atoms with E-state index in [1.165, 1.54) is 12.1 Å². The fourth-order valence-corrected chi connectivity index (χ4v) is 3.33. The van der Waals surface area contributed by atoms with Crippen molar-refractivity contribution in [2.24, 2.45) is 0 Å². The van der Waals surface area contributed by atoms with Crippen LogP contribution in [0.25, 0.3) is 5.65 Å². The van der Waals surface area contributed by atoms with Gasteiger partial charge >= 0.3 is 0 Å². The van der Waals surface area contributed by atoms with E-state index in [0.29, 0.717) is 6.54 Å². The molecule has 0 spiro atoms. The van der Waals surface area contributed by atoms with Crippen molar-refractivity contribution in [2.45, 2.75) is 25.3 Å². The van der Waals surface area contributed by atoms with E-state index in [-0.39, 0.29) is 24.3 Å². The summed E-state index contributed by atoms with van der Waals surface area (Å²) in [5.74, 6) is -0.537. The highest BCUT2D eigenvalue weighted by Crippen LogP contribution is 2.30. The van der Waals surface area contributed by atoms with Crippen LogP contribution in [0.4, 0.5) is 4.39 Å². The first kappa shape index (κ1) is 16.5. The Bertz CT molecular complexity index is 927. The predicted molar refractivity (Wildman–Crippen MR) is 93.2 cm³/mol. The number of amides is 1. The van der Waals surface area contributed by atoms with Crippen molar-refractivity contribution in [1.82, 2.24) is 19.5 Å². The fourth-order valence-electron chi connectivity index (χ4n) is 3.33. The minimum Gasteiger partial charge on any atom is -0.481 e. The summed E-state index contributed by atoms with van der Waals surface area (Å²) in [5.41, 5.74) is 1.60. The zero-order valence-corrected chi connectivity index (χ0v) is 14.2. The molecule has 1 saturated heterocycles. The number of piperidine rings is 1. The van der Waals surface area contributed by atoms with Crippen molar-refractivity contribution < 1.29 is 13.9 Å². The zero-order valence-electron chi connectivity index (χ0n) is 14.2. The van der Waals surface area contributed by atoms with Crippen molar-refractivity contribution >= 4 is 11.6 Å². The lowest BCUT2D eigenvalue weighted by Gasteiger charge is -2.35. The summed E-state index contributed by atoms with van der Waals surface area (Å²) >= 11 is 0. The molecule has 0 bridgehead atoms. The molecule has 0 aliphatic carbocycles. The topological polar surface area (TPSA) is 59.7 Å². The Kier molecular flexibility index (Phi) is 4.51. The number of para-hydroxylation sites is 1. The van der Waals surface area contributed by atoms with Gasteiger partial charge in [0, 0.05) is 18.8 Å². The summed E-state index contributed by atoms with van der Waals surface area (Å²) in [6.45, 7) is 0.461. The number of benzene rings is 1. The third kappa shape index (κ3) is 3.24. The molecule has 0 radical (unpaired) electrons.